The van der Waals surface area contributed by atoms with Gasteiger partial charge < -0.3 is 18.8 Å². The number of nitrogens with zero attached hydrogens (tertiary/aromatic N) is 1. The zero-order chi connectivity index (χ0) is 24.3. The van der Waals surface area contributed by atoms with Crippen LogP contribution >= 0.6 is 15.9 Å². The van der Waals surface area contributed by atoms with Crippen molar-refractivity contribution in [3.05, 3.63) is 70.9 Å². The van der Waals surface area contributed by atoms with E-state index in [4.69, 9.17) is 13.9 Å². The van der Waals surface area contributed by atoms with Crippen molar-refractivity contribution in [3.8, 4) is 17.1 Å². The van der Waals surface area contributed by atoms with E-state index in [0.29, 0.717) is 25.7 Å². The Hall–Kier alpha value is -2.73. The lowest BCUT2D eigenvalue weighted by Crippen LogP contribution is -2.30. The molecule has 0 fully saturated rings. The summed E-state index contributed by atoms with van der Waals surface area (Å²) >= 11 is 3.61. The van der Waals surface area contributed by atoms with Crippen LogP contribution in [0, 0.1) is 0 Å². The lowest BCUT2D eigenvalue weighted by Gasteiger charge is -2.30. The third kappa shape index (κ3) is 7.66. The van der Waals surface area contributed by atoms with Crippen molar-refractivity contribution in [3.63, 3.8) is 0 Å². The van der Waals surface area contributed by atoms with Crippen molar-refractivity contribution in [2.75, 3.05) is 18.1 Å². The Labute approximate surface area is 211 Å². The summed E-state index contributed by atoms with van der Waals surface area (Å²) in [5.74, 6) is 1.64. The Bertz CT molecular complexity index is 1020. The van der Waals surface area contributed by atoms with E-state index in [0.717, 1.165) is 58.6 Å². The molecular formula is C28H34BrNO4. The van der Waals surface area contributed by atoms with Crippen molar-refractivity contribution in [1.82, 2.24) is 0 Å². The van der Waals surface area contributed by atoms with Gasteiger partial charge in [0, 0.05) is 40.3 Å². The number of furan rings is 1. The van der Waals surface area contributed by atoms with Gasteiger partial charge in [-0.3, -0.25) is 4.79 Å². The van der Waals surface area contributed by atoms with Gasteiger partial charge in [0.15, 0.2) is 0 Å². The van der Waals surface area contributed by atoms with Crippen LogP contribution in [0.1, 0.15) is 52.0 Å². The SMILES string of the molecule is CCOC(=O)CCCCCOc1ccc(Br)cc1CN(c1ccc(-c2ccco2)cc1)C(C)C. The standard InChI is InChI=1S/C28H34BrNO4/c1-4-32-28(31)10-6-5-7-17-33-27-16-13-24(29)19-23(27)20-30(21(2)3)25-14-11-22(12-15-25)26-9-8-18-34-26/h8-9,11-16,18-19,21H,4-7,10,17,20H2,1-3H3. The predicted octanol–water partition coefficient (Wildman–Crippen LogP) is 7.63. The van der Waals surface area contributed by atoms with Crippen molar-refractivity contribution >= 4 is 27.6 Å². The molecule has 0 radical (unpaired) electrons. The fourth-order valence-corrected chi connectivity index (χ4v) is 4.20. The number of unbranched alkanes of at least 4 members (excludes halogenated alkanes) is 2. The van der Waals surface area contributed by atoms with Crippen molar-refractivity contribution in [2.24, 2.45) is 0 Å². The molecule has 3 aromatic rings. The first-order chi connectivity index (χ1) is 16.5. The van der Waals surface area contributed by atoms with Crippen LogP contribution < -0.4 is 9.64 Å². The number of anilines is 1. The lowest BCUT2D eigenvalue weighted by molar-refractivity contribution is -0.143. The van der Waals surface area contributed by atoms with Gasteiger partial charge in [0.05, 0.1) is 19.5 Å². The van der Waals surface area contributed by atoms with Gasteiger partial charge in [-0.2, -0.15) is 0 Å². The van der Waals surface area contributed by atoms with Crippen LogP contribution in [0.25, 0.3) is 11.3 Å². The quantitative estimate of drug-likeness (QED) is 0.169. The highest BCUT2D eigenvalue weighted by Gasteiger charge is 2.15. The summed E-state index contributed by atoms with van der Waals surface area (Å²) in [7, 11) is 0. The highest BCUT2D eigenvalue weighted by molar-refractivity contribution is 9.10. The molecular weight excluding hydrogens is 494 g/mol. The van der Waals surface area contributed by atoms with Crippen LogP contribution in [0.15, 0.2) is 69.8 Å². The molecule has 6 heteroatoms. The predicted molar refractivity (Wildman–Crippen MR) is 140 cm³/mol. The van der Waals surface area contributed by atoms with E-state index in [1.54, 1.807) is 6.26 Å². The molecule has 0 aliphatic rings. The lowest BCUT2D eigenvalue weighted by atomic mass is 10.1. The maximum atomic E-state index is 11.5. The Morgan fingerprint density at radius 1 is 1.06 bits per heavy atom. The Kier molecular flexibility index (Phi) is 10.1. The van der Waals surface area contributed by atoms with E-state index in [1.807, 2.05) is 31.2 Å². The molecule has 2 aromatic carbocycles. The maximum absolute atomic E-state index is 11.5. The van der Waals surface area contributed by atoms with Gasteiger partial charge in [0.2, 0.25) is 0 Å². The average Bonchev–Trinajstić information content (AvgIpc) is 3.36. The molecule has 0 saturated heterocycles. The van der Waals surface area contributed by atoms with Crippen molar-refractivity contribution in [2.45, 2.75) is 59.0 Å². The number of halogens is 1. The highest BCUT2D eigenvalue weighted by atomic mass is 79.9. The van der Waals surface area contributed by atoms with Crippen LogP contribution in [0.5, 0.6) is 5.75 Å². The second kappa shape index (κ2) is 13.2. The first-order valence-corrected chi connectivity index (χ1v) is 12.7. The Morgan fingerprint density at radius 3 is 2.53 bits per heavy atom. The van der Waals surface area contributed by atoms with Crippen LogP contribution in [-0.4, -0.2) is 25.2 Å². The molecule has 5 nitrogen and oxygen atoms in total. The minimum absolute atomic E-state index is 0.121. The number of ether oxygens (including phenoxy) is 2. The molecule has 0 amide bonds. The number of hydrogen-bond acceptors (Lipinski definition) is 5. The van der Waals surface area contributed by atoms with E-state index in [1.165, 1.54) is 0 Å². The second-order valence-electron chi connectivity index (χ2n) is 8.46. The summed E-state index contributed by atoms with van der Waals surface area (Å²) in [6.45, 7) is 8.02. The molecule has 0 bridgehead atoms. The zero-order valence-electron chi connectivity index (χ0n) is 20.3. The van der Waals surface area contributed by atoms with E-state index in [-0.39, 0.29) is 5.97 Å². The molecule has 1 heterocycles. The summed E-state index contributed by atoms with van der Waals surface area (Å²) in [4.78, 5) is 13.8. The minimum Gasteiger partial charge on any atom is -0.493 e. The molecule has 34 heavy (non-hydrogen) atoms. The third-order valence-electron chi connectivity index (χ3n) is 5.58. The molecule has 0 N–H and O–H groups in total. The van der Waals surface area contributed by atoms with Crippen LogP contribution in [0.2, 0.25) is 0 Å². The summed E-state index contributed by atoms with van der Waals surface area (Å²) in [5.41, 5.74) is 3.34. The van der Waals surface area contributed by atoms with Gasteiger partial charge in [-0.05, 0) is 94.6 Å². The van der Waals surface area contributed by atoms with E-state index in [9.17, 15) is 4.79 Å². The summed E-state index contributed by atoms with van der Waals surface area (Å²) in [6, 6.07) is 18.8. The van der Waals surface area contributed by atoms with Gasteiger partial charge in [0.1, 0.15) is 11.5 Å². The normalized spacial score (nSPS) is 11.0. The molecule has 1 aromatic heterocycles. The monoisotopic (exact) mass is 527 g/mol. The Morgan fingerprint density at radius 2 is 1.85 bits per heavy atom. The fraction of sp³-hybridized carbons (Fsp3) is 0.393. The Balaban J connectivity index is 1.62. The molecule has 3 rings (SSSR count). The largest absolute Gasteiger partial charge is 0.493 e. The highest BCUT2D eigenvalue weighted by Crippen LogP contribution is 2.30. The third-order valence-corrected chi connectivity index (χ3v) is 6.07. The van der Waals surface area contributed by atoms with Crippen LogP contribution in [0.3, 0.4) is 0 Å². The molecule has 0 spiro atoms. The number of rotatable bonds is 13. The zero-order valence-corrected chi connectivity index (χ0v) is 21.8. The average molecular weight is 528 g/mol. The maximum Gasteiger partial charge on any atom is 0.305 e. The number of hydrogen-bond donors (Lipinski definition) is 0. The molecule has 182 valence electrons. The van der Waals surface area contributed by atoms with Crippen LogP contribution in [0.4, 0.5) is 5.69 Å². The summed E-state index contributed by atoms with van der Waals surface area (Å²) < 4.78 is 17.7. The van der Waals surface area contributed by atoms with Gasteiger partial charge in [0.25, 0.3) is 0 Å². The topological polar surface area (TPSA) is 51.9 Å². The number of benzene rings is 2. The first-order valence-electron chi connectivity index (χ1n) is 12.0. The molecule has 0 aliphatic carbocycles. The van der Waals surface area contributed by atoms with Crippen LogP contribution in [-0.2, 0) is 16.1 Å². The van der Waals surface area contributed by atoms with Gasteiger partial charge >= 0.3 is 5.97 Å². The number of esters is 1. The molecule has 0 atom stereocenters. The first kappa shape index (κ1) is 25.9. The van der Waals surface area contributed by atoms with Crippen molar-refractivity contribution < 1.29 is 18.7 Å². The van der Waals surface area contributed by atoms with E-state index in [2.05, 4.69) is 65.0 Å². The van der Waals surface area contributed by atoms with Gasteiger partial charge in [-0.25, -0.2) is 0 Å². The second-order valence-corrected chi connectivity index (χ2v) is 9.38. The van der Waals surface area contributed by atoms with Gasteiger partial charge in [-0.1, -0.05) is 15.9 Å². The smallest absolute Gasteiger partial charge is 0.305 e. The van der Waals surface area contributed by atoms with Gasteiger partial charge in [-0.15, -0.1) is 0 Å². The summed E-state index contributed by atoms with van der Waals surface area (Å²) in [5, 5.41) is 0. The molecule has 0 saturated carbocycles. The summed E-state index contributed by atoms with van der Waals surface area (Å²) in [6.07, 6.45) is 4.82. The molecule has 0 aliphatic heterocycles. The van der Waals surface area contributed by atoms with Crippen molar-refractivity contribution in [1.29, 1.82) is 0 Å². The number of carbonyl (C=O) groups excluding carboxylic acids is 1. The molecule has 0 unspecified atom stereocenters. The fourth-order valence-electron chi connectivity index (χ4n) is 3.79. The number of carbonyl (C=O) groups is 1. The minimum atomic E-state index is -0.121. The van der Waals surface area contributed by atoms with E-state index < -0.39 is 0 Å². The van der Waals surface area contributed by atoms with E-state index >= 15 is 0 Å².